The molecule has 0 saturated heterocycles. The van der Waals surface area contributed by atoms with E-state index in [0.717, 1.165) is 24.0 Å². The molecule has 0 aliphatic carbocycles. The van der Waals surface area contributed by atoms with Crippen molar-refractivity contribution in [3.8, 4) is 24.7 Å². The van der Waals surface area contributed by atoms with Gasteiger partial charge in [-0.2, -0.15) is 0 Å². The molecule has 21 heavy (non-hydrogen) atoms. The molecule has 0 bridgehead atoms. The Kier molecular flexibility index (Phi) is 8.16. The van der Waals surface area contributed by atoms with Crippen molar-refractivity contribution in [1.82, 2.24) is 0 Å². The fourth-order valence-corrected chi connectivity index (χ4v) is 1.89. The van der Waals surface area contributed by atoms with Gasteiger partial charge in [-0.15, -0.1) is 12.8 Å². The van der Waals surface area contributed by atoms with Crippen LogP contribution in [0.5, 0.6) is 0 Å². The Hall–Kier alpha value is -1.44. The zero-order valence-electron chi connectivity index (χ0n) is 14.5. The van der Waals surface area contributed by atoms with E-state index in [0.29, 0.717) is 13.2 Å². The molecule has 0 N–H and O–H groups in total. The minimum Gasteiger partial charge on any atom is -0.373 e. The van der Waals surface area contributed by atoms with Crippen LogP contribution < -0.4 is 0 Å². The third-order valence-electron chi connectivity index (χ3n) is 2.71. The smallest absolute Gasteiger partial charge is 0.0663 e. The standard InChI is InChI=1S/C20H30O/c1-9-17(15-19(3,4)5)11-13-21-14-12-18(10-2)16-20(6,7)8/h1-2,11-12H,13-16H2,3-8H3/b17-11+,18-12+. The van der Waals surface area contributed by atoms with Gasteiger partial charge in [0.2, 0.25) is 0 Å². The Balaban J connectivity index is 4.31. The molecule has 0 radical (unpaired) electrons. The van der Waals surface area contributed by atoms with E-state index in [9.17, 15) is 0 Å². The van der Waals surface area contributed by atoms with Gasteiger partial charge in [0.25, 0.3) is 0 Å². The molecular formula is C20H30O. The van der Waals surface area contributed by atoms with E-state index in [1.54, 1.807) is 0 Å². The van der Waals surface area contributed by atoms with Crippen molar-refractivity contribution in [1.29, 1.82) is 0 Å². The Bertz CT molecular complexity index is 406. The van der Waals surface area contributed by atoms with Crippen molar-refractivity contribution in [2.24, 2.45) is 10.8 Å². The molecule has 0 rings (SSSR count). The Morgan fingerprint density at radius 2 is 1.14 bits per heavy atom. The van der Waals surface area contributed by atoms with Crippen LogP contribution in [0, 0.1) is 35.5 Å². The Morgan fingerprint density at radius 3 is 1.38 bits per heavy atom. The first kappa shape index (κ1) is 19.6. The van der Waals surface area contributed by atoms with Crippen LogP contribution in [0.1, 0.15) is 54.4 Å². The third-order valence-corrected chi connectivity index (χ3v) is 2.71. The lowest BCUT2D eigenvalue weighted by Crippen LogP contribution is -2.07. The van der Waals surface area contributed by atoms with Gasteiger partial charge in [0.15, 0.2) is 0 Å². The molecule has 0 saturated carbocycles. The first-order valence-electron chi connectivity index (χ1n) is 7.46. The highest BCUT2D eigenvalue weighted by atomic mass is 16.5. The monoisotopic (exact) mass is 286 g/mol. The number of hydrogen-bond acceptors (Lipinski definition) is 1. The molecule has 0 amide bonds. The van der Waals surface area contributed by atoms with Crippen LogP contribution >= 0.6 is 0 Å². The van der Waals surface area contributed by atoms with Gasteiger partial charge in [-0.25, -0.2) is 0 Å². The van der Waals surface area contributed by atoms with E-state index in [-0.39, 0.29) is 10.8 Å². The zero-order chi connectivity index (χ0) is 16.5. The summed E-state index contributed by atoms with van der Waals surface area (Å²) in [4.78, 5) is 0. The van der Waals surface area contributed by atoms with Gasteiger partial charge in [-0.1, -0.05) is 53.4 Å². The summed E-state index contributed by atoms with van der Waals surface area (Å²) < 4.78 is 5.58. The van der Waals surface area contributed by atoms with Crippen molar-refractivity contribution in [3.63, 3.8) is 0 Å². The minimum atomic E-state index is 0.196. The number of ether oxygens (including phenoxy) is 1. The second-order valence-electron chi connectivity index (χ2n) is 7.76. The normalized spacial score (nSPS) is 13.7. The molecule has 116 valence electrons. The third kappa shape index (κ3) is 12.0. The van der Waals surface area contributed by atoms with Gasteiger partial charge in [0, 0.05) is 11.1 Å². The van der Waals surface area contributed by atoms with Gasteiger partial charge in [-0.05, 0) is 35.8 Å². The van der Waals surface area contributed by atoms with E-state index in [1.807, 2.05) is 12.2 Å². The van der Waals surface area contributed by atoms with Gasteiger partial charge in [-0.3, -0.25) is 0 Å². The van der Waals surface area contributed by atoms with E-state index < -0.39 is 0 Å². The molecule has 0 unspecified atom stereocenters. The molecule has 0 aromatic rings. The first-order chi connectivity index (χ1) is 9.57. The average molecular weight is 286 g/mol. The fraction of sp³-hybridized carbons (Fsp3) is 0.600. The van der Waals surface area contributed by atoms with Gasteiger partial charge >= 0.3 is 0 Å². The van der Waals surface area contributed by atoms with Crippen molar-refractivity contribution in [3.05, 3.63) is 23.3 Å². The van der Waals surface area contributed by atoms with Crippen LogP contribution in [-0.4, -0.2) is 13.2 Å². The van der Waals surface area contributed by atoms with Gasteiger partial charge in [0.1, 0.15) is 0 Å². The van der Waals surface area contributed by atoms with Crippen LogP contribution in [0.15, 0.2) is 23.3 Å². The lowest BCUT2D eigenvalue weighted by atomic mass is 9.88. The molecule has 0 aliphatic heterocycles. The van der Waals surface area contributed by atoms with Crippen LogP contribution in [0.3, 0.4) is 0 Å². The summed E-state index contributed by atoms with van der Waals surface area (Å²) in [7, 11) is 0. The maximum atomic E-state index is 5.58. The molecule has 0 fully saturated rings. The van der Waals surface area contributed by atoms with E-state index in [2.05, 4.69) is 53.4 Å². The minimum absolute atomic E-state index is 0.196. The summed E-state index contributed by atoms with van der Waals surface area (Å²) in [6, 6.07) is 0. The summed E-state index contributed by atoms with van der Waals surface area (Å²) in [6.45, 7) is 14.1. The summed E-state index contributed by atoms with van der Waals surface area (Å²) in [5.41, 5.74) is 2.39. The molecular weight excluding hydrogens is 256 g/mol. The lowest BCUT2D eigenvalue weighted by molar-refractivity contribution is 0.192. The summed E-state index contributed by atoms with van der Waals surface area (Å²) >= 11 is 0. The topological polar surface area (TPSA) is 9.23 Å². The van der Waals surface area contributed by atoms with Crippen molar-refractivity contribution >= 4 is 0 Å². The SMILES string of the molecule is C#C/C(=C\COC/C=C(\C#C)CC(C)(C)C)CC(C)(C)C. The van der Waals surface area contributed by atoms with Crippen LogP contribution in [0.4, 0.5) is 0 Å². The number of terminal acetylenes is 2. The molecule has 0 aromatic heterocycles. The van der Waals surface area contributed by atoms with Gasteiger partial charge in [0.05, 0.1) is 13.2 Å². The Labute approximate surface area is 131 Å². The summed E-state index contributed by atoms with van der Waals surface area (Å²) in [5.74, 6) is 5.47. The van der Waals surface area contributed by atoms with Gasteiger partial charge < -0.3 is 4.74 Å². The molecule has 1 heteroatoms. The second-order valence-corrected chi connectivity index (χ2v) is 7.76. The molecule has 0 aromatic carbocycles. The predicted molar refractivity (Wildman–Crippen MR) is 92.8 cm³/mol. The Morgan fingerprint density at radius 1 is 0.810 bits per heavy atom. The molecule has 0 aliphatic rings. The van der Waals surface area contributed by atoms with E-state index in [4.69, 9.17) is 17.6 Å². The lowest BCUT2D eigenvalue weighted by Gasteiger charge is -2.18. The first-order valence-corrected chi connectivity index (χ1v) is 7.46. The quantitative estimate of drug-likeness (QED) is 0.493. The van der Waals surface area contributed by atoms with Crippen LogP contribution in [0.2, 0.25) is 0 Å². The molecule has 0 atom stereocenters. The summed E-state index contributed by atoms with van der Waals surface area (Å²) in [6.07, 6.45) is 16.8. The maximum Gasteiger partial charge on any atom is 0.0663 e. The van der Waals surface area contributed by atoms with Crippen LogP contribution in [-0.2, 0) is 4.74 Å². The highest BCUT2D eigenvalue weighted by molar-refractivity contribution is 5.27. The maximum absolute atomic E-state index is 5.58. The summed E-state index contributed by atoms with van der Waals surface area (Å²) in [5, 5.41) is 0. The van der Waals surface area contributed by atoms with Crippen molar-refractivity contribution in [2.45, 2.75) is 54.4 Å². The van der Waals surface area contributed by atoms with E-state index >= 15 is 0 Å². The van der Waals surface area contributed by atoms with Crippen molar-refractivity contribution in [2.75, 3.05) is 13.2 Å². The molecule has 0 heterocycles. The highest BCUT2D eigenvalue weighted by Gasteiger charge is 2.12. The highest BCUT2D eigenvalue weighted by Crippen LogP contribution is 2.24. The van der Waals surface area contributed by atoms with Crippen LogP contribution in [0.25, 0.3) is 0 Å². The molecule has 1 nitrogen and oxygen atoms in total. The average Bonchev–Trinajstić information content (AvgIpc) is 2.32. The zero-order valence-corrected chi connectivity index (χ0v) is 14.5. The number of allylic oxidation sites excluding steroid dienone is 2. The molecule has 0 spiro atoms. The predicted octanol–water partition coefficient (Wildman–Crippen LogP) is 4.99. The second kappa shape index (κ2) is 8.76. The largest absolute Gasteiger partial charge is 0.373 e. The fourth-order valence-electron chi connectivity index (χ4n) is 1.89. The number of hydrogen-bond donors (Lipinski definition) is 0. The van der Waals surface area contributed by atoms with Crippen molar-refractivity contribution < 1.29 is 4.74 Å². The van der Waals surface area contributed by atoms with E-state index in [1.165, 1.54) is 0 Å². The number of rotatable bonds is 6.